The minimum Gasteiger partial charge on any atom is -0.497 e. The Hall–Kier alpha value is -3.68. The number of methoxy groups -OCH3 is 1. The Balaban J connectivity index is 1.61. The summed E-state index contributed by atoms with van der Waals surface area (Å²) in [5, 5.41) is 11.0. The highest BCUT2D eigenvalue weighted by atomic mass is 16.6. The predicted octanol–water partition coefficient (Wildman–Crippen LogP) is 3.02. The number of carbonyl (C=O) groups excluding carboxylic acids is 2. The van der Waals surface area contributed by atoms with E-state index in [0.717, 1.165) is 37.2 Å². The van der Waals surface area contributed by atoms with Crippen LogP contribution in [-0.2, 0) is 16.0 Å². The van der Waals surface area contributed by atoms with Crippen molar-refractivity contribution in [2.45, 2.75) is 19.3 Å². The minimum absolute atomic E-state index is 0.0554. The molecule has 1 fully saturated rings. The first kappa shape index (κ1) is 20.6. The van der Waals surface area contributed by atoms with E-state index in [1.807, 2.05) is 29.2 Å². The smallest absolute Gasteiger partial charge is 0.277 e. The lowest BCUT2D eigenvalue weighted by molar-refractivity contribution is -0.384. The quantitative estimate of drug-likeness (QED) is 0.388. The molecule has 1 saturated heterocycles. The zero-order valence-electron chi connectivity index (χ0n) is 17.2. The van der Waals surface area contributed by atoms with Crippen LogP contribution in [0.4, 0.5) is 5.69 Å². The highest BCUT2D eigenvalue weighted by Crippen LogP contribution is 2.34. The molecular weight excluding hydrogens is 398 g/mol. The van der Waals surface area contributed by atoms with Gasteiger partial charge in [-0.3, -0.25) is 24.6 Å². The Morgan fingerprint density at radius 3 is 2.19 bits per heavy atom. The monoisotopic (exact) mass is 421 g/mol. The topological polar surface area (TPSA) is 93.0 Å². The molecule has 0 saturated carbocycles. The molecule has 2 aromatic rings. The molecule has 2 aromatic carbocycles. The summed E-state index contributed by atoms with van der Waals surface area (Å²) >= 11 is 0. The van der Waals surface area contributed by atoms with E-state index in [4.69, 9.17) is 4.74 Å². The van der Waals surface area contributed by atoms with E-state index in [0.29, 0.717) is 23.3 Å². The molecule has 0 aromatic heterocycles. The molecule has 31 heavy (non-hydrogen) atoms. The van der Waals surface area contributed by atoms with Crippen LogP contribution in [0.25, 0.3) is 5.57 Å². The average Bonchev–Trinajstić information content (AvgIpc) is 3.39. The average molecular weight is 421 g/mol. The van der Waals surface area contributed by atoms with Crippen LogP contribution < -0.4 is 4.74 Å². The molecule has 0 N–H and O–H groups in total. The molecule has 2 heterocycles. The van der Waals surface area contributed by atoms with Gasteiger partial charge in [-0.2, -0.15) is 0 Å². The van der Waals surface area contributed by atoms with Crippen molar-refractivity contribution in [3.63, 3.8) is 0 Å². The van der Waals surface area contributed by atoms with Gasteiger partial charge in [-0.25, -0.2) is 0 Å². The van der Waals surface area contributed by atoms with E-state index in [2.05, 4.69) is 0 Å². The first-order valence-electron chi connectivity index (χ1n) is 10.2. The number of ether oxygens (including phenoxy) is 1. The lowest BCUT2D eigenvalue weighted by Crippen LogP contribution is -2.36. The molecule has 0 atom stereocenters. The number of hydrogen-bond donors (Lipinski definition) is 0. The fraction of sp³-hybridized carbons (Fsp3) is 0.304. The molecule has 0 spiro atoms. The summed E-state index contributed by atoms with van der Waals surface area (Å²) in [4.78, 5) is 40.3. The number of rotatable bonds is 7. The van der Waals surface area contributed by atoms with Crippen molar-refractivity contribution < 1.29 is 19.2 Å². The van der Waals surface area contributed by atoms with Crippen LogP contribution in [0.2, 0.25) is 0 Å². The van der Waals surface area contributed by atoms with E-state index in [-0.39, 0.29) is 24.0 Å². The van der Waals surface area contributed by atoms with Gasteiger partial charge >= 0.3 is 0 Å². The number of likely N-dealkylation sites (tertiary alicyclic amines) is 1. The Bertz CT molecular complexity index is 1040. The van der Waals surface area contributed by atoms with Crippen molar-refractivity contribution >= 4 is 23.1 Å². The highest BCUT2D eigenvalue weighted by molar-refractivity contribution is 6.35. The number of carbonyl (C=O) groups is 2. The summed E-state index contributed by atoms with van der Waals surface area (Å²) in [6.45, 7) is 1.70. The van der Waals surface area contributed by atoms with Gasteiger partial charge < -0.3 is 9.64 Å². The second-order valence-electron chi connectivity index (χ2n) is 7.58. The van der Waals surface area contributed by atoms with Gasteiger partial charge in [0.2, 0.25) is 0 Å². The third-order valence-electron chi connectivity index (χ3n) is 5.72. The van der Waals surface area contributed by atoms with Gasteiger partial charge in [-0.15, -0.1) is 0 Å². The second-order valence-corrected chi connectivity index (χ2v) is 7.58. The third-order valence-corrected chi connectivity index (χ3v) is 5.72. The van der Waals surface area contributed by atoms with Crippen LogP contribution >= 0.6 is 0 Å². The molecule has 8 nitrogen and oxygen atoms in total. The van der Waals surface area contributed by atoms with E-state index < -0.39 is 4.92 Å². The number of non-ortho nitro benzene ring substituents is 1. The van der Waals surface area contributed by atoms with Crippen LogP contribution in [0.3, 0.4) is 0 Å². The molecule has 8 heteroatoms. The van der Waals surface area contributed by atoms with Crippen molar-refractivity contribution in [2.24, 2.45) is 0 Å². The molecule has 4 rings (SSSR count). The Kier molecular flexibility index (Phi) is 5.70. The number of nitro groups is 1. The normalized spacial score (nSPS) is 16.4. The molecular formula is C23H23N3O5. The second kappa shape index (κ2) is 8.59. The highest BCUT2D eigenvalue weighted by Gasteiger charge is 2.41. The maximum Gasteiger partial charge on any atom is 0.277 e. The number of hydrogen-bond acceptors (Lipinski definition) is 6. The zero-order chi connectivity index (χ0) is 22.0. The van der Waals surface area contributed by atoms with Crippen LogP contribution in [0.1, 0.15) is 24.0 Å². The molecule has 160 valence electrons. The Morgan fingerprint density at radius 2 is 1.61 bits per heavy atom. The molecule has 0 unspecified atom stereocenters. The summed E-state index contributed by atoms with van der Waals surface area (Å²) in [5.41, 5.74) is 2.20. The largest absolute Gasteiger partial charge is 0.497 e. The summed E-state index contributed by atoms with van der Waals surface area (Å²) in [6.07, 6.45) is 2.46. The van der Waals surface area contributed by atoms with Crippen molar-refractivity contribution in [1.82, 2.24) is 9.80 Å². The van der Waals surface area contributed by atoms with E-state index in [1.54, 1.807) is 19.2 Å². The van der Waals surface area contributed by atoms with Gasteiger partial charge in [0.05, 0.1) is 17.6 Å². The standard InChI is InChI=1S/C23H23N3O5/c1-31-19-10-4-16(5-11-19)12-15-25-22(27)20(17-6-8-18(9-7-17)26(29)30)21(23(25)28)24-13-2-3-14-24/h4-11H,2-3,12-15H2,1H3. The van der Waals surface area contributed by atoms with Gasteiger partial charge in [-0.1, -0.05) is 12.1 Å². The van der Waals surface area contributed by atoms with Crippen LogP contribution in [0, 0.1) is 10.1 Å². The molecule has 2 aliphatic heterocycles. The first-order chi connectivity index (χ1) is 15.0. The maximum absolute atomic E-state index is 13.3. The summed E-state index contributed by atoms with van der Waals surface area (Å²) < 4.78 is 5.17. The fourth-order valence-corrected chi connectivity index (χ4v) is 4.04. The van der Waals surface area contributed by atoms with Crippen LogP contribution in [0.15, 0.2) is 54.2 Å². The van der Waals surface area contributed by atoms with E-state index in [9.17, 15) is 19.7 Å². The zero-order valence-corrected chi connectivity index (χ0v) is 17.2. The van der Waals surface area contributed by atoms with Gasteiger partial charge in [0, 0.05) is 31.8 Å². The summed E-state index contributed by atoms with van der Waals surface area (Å²) in [5.74, 6) is 0.0959. The molecule has 0 bridgehead atoms. The number of amides is 2. The Morgan fingerprint density at radius 1 is 0.968 bits per heavy atom. The van der Waals surface area contributed by atoms with Gasteiger partial charge in [-0.05, 0) is 54.7 Å². The number of nitrogens with zero attached hydrogens (tertiary/aromatic N) is 3. The third kappa shape index (κ3) is 4.01. The van der Waals surface area contributed by atoms with Gasteiger partial charge in [0.25, 0.3) is 17.5 Å². The molecule has 2 aliphatic rings. The van der Waals surface area contributed by atoms with Gasteiger partial charge in [0.15, 0.2) is 0 Å². The first-order valence-corrected chi connectivity index (χ1v) is 10.2. The Labute approximate surface area is 179 Å². The maximum atomic E-state index is 13.3. The number of nitro benzene ring substituents is 1. The number of benzene rings is 2. The van der Waals surface area contributed by atoms with Gasteiger partial charge in [0.1, 0.15) is 11.4 Å². The number of imide groups is 1. The van der Waals surface area contributed by atoms with Crippen molar-refractivity contribution in [2.75, 3.05) is 26.7 Å². The molecule has 0 aliphatic carbocycles. The lowest BCUT2D eigenvalue weighted by atomic mass is 10.0. The van der Waals surface area contributed by atoms with Crippen LogP contribution in [-0.4, -0.2) is 53.3 Å². The lowest BCUT2D eigenvalue weighted by Gasteiger charge is -2.20. The predicted molar refractivity (Wildman–Crippen MR) is 114 cm³/mol. The van der Waals surface area contributed by atoms with Crippen molar-refractivity contribution in [3.05, 3.63) is 75.5 Å². The van der Waals surface area contributed by atoms with Crippen LogP contribution in [0.5, 0.6) is 5.75 Å². The van der Waals surface area contributed by atoms with E-state index in [1.165, 1.54) is 17.0 Å². The molecule has 2 amide bonds. The van der Waals surface area contributed by atoms with Crippen molar-refractivity contribution in [1.29, 1.82) is 0 Å². The summed E-state index contributed by atoms with van der Waals surface area (Å²) in [7, 11) is 1.60. The molecule has 0 radical (unpaired) electrons. The van der Waals surface area contributed by atoms with E-state index >= 15 is 0 Å². The summed E-state index contributed by atoms with van der Waals surface area (Å²) in [6, 6.07) is 13.3. The minimum atomic E-state index is -0.484. The SMILES string of the molecule is COc1ccc(CCN2C(=O)C(c3ccc([N+](=O)[O-])cc3)=C(N3CCCC3)C2=O)cc1. The fourth-order valence-electron chi connectivity index (χ4n) is 4.04. The van der Waals surface area contributed by atoms with Crippen molar-refractivity contribution in [3.8, 4) is 5.75 Å².